The van der Waals surface area contributed by atoms with Crippen molar-refractivity contribution in [2.24, 2.45) is 0 Å². The number of hydrogen-bond donors (Lipinski definition) is 1. The number of methoxy groups -OCH3 is 3. The lowest BCUT2D eigenvalue weighted by molar-refractivity contribution is -0.384. The lowest BCUT2D eigenvalue weighted by Crippen LogP contribution is -2.14. The summed E-state index contributed by atoms with van der Waals surface area (Å²) in [5.74, 6) is 1.15. The Labute approximate surface area is 180 Å². The highest BCUT2D eigenvalue weighted by molar-refractivity contribution is 7.99. The first kappa shape index (κ1) is 21.9. The second-order valence-electron chi connectivity index (χ2n) is 5.92. The van der Waals surface area contributed by atoms with Crippen LogP contribution in [0.3, 0.4) is 0 Å². The SMILES string of the molecule is COc1ccc(-c2nnc(SCC(=O)Nc3cc([N+](=O)[O-])ccc3OC)o2)c(OC)c1. The standard InChI is InChI=1S/C19H18N4O7S/c1-27-12-5-6-13(16(9-12)29-3)18-21-22-19(30-18)31-10-17(24)20-14-8-11(23(25)26)4-7-15(14)28-2/h4-9H,10H2,1-3H3,(H,20,24). The van der Waals surface area contributed by atoms with Crippen LogP contribution >= 0.6 is 11.8 Å². The number of rotatable bonds is 9. The molecular weight excluding hydrogens is 428 g/mol. The molecule has 31 heavy (non-hydrogen) atoms. The van der Waals surface area contributed by atoms with Crippen molar-refractivity contribution < 1.29 is 28.3 Å². The van der Waals surface area contributed by atoms with Gasteiger partial charge in [0, 0.05) is 18.2 Å². The van der Waals surface area contributed by atoms with Crippen molar-refractivity contribution in [3.8, 4) is 28.7 Å². The molecule has 0 bridgehead atoms. The maximum Gasteiger partial charge on any atom is 0.277 e. The van der Waals surface area contributed by atoms with E-state index >= 15 is 0 Å². The number of non-ortho nitro benzene ring substituents is 1. The molecule has 0 radical (unpaired) electrons. The summed E-state index contributed by atoms with van der Waals surface area (Å²) in [5.41, 5.74) is 0.601. The van der Waals surface area contributed by atoms with E-state index in [1.54, 1.807) is 25.3 Å². The number of nitrogens with zero attached hydrogens (tertiary/aromatic N) is 3. The largest absolute Gasteiger partial charge is 0.497 e. The van der Waals surface area contributed by atoms with Gasteiger partial charge in [-0.1, -0.05) is 11.8 Å². The summed E-state index contributed by atoms with van der Waals surface area (Å²) in [4.78, 5) is 22.7. The lowest BCUT2D eigenvalue weighted by atomic mass is 10.2. The number of ether oxygens (including phenoxy) is 3. The van der Waals surface area contributed by atoms with Gasteiger partial charge in [0.15, 0.2) is 0 Å². The molecular formula is C19H18N4O7S. The van der Waals surface area contributed by atoms with Crippen LogP contribution in [0.1, 0.15) is 0 Å². The molecule has 0 aliphatic rings. The van der Waals surface area contributed by atoms with Gasteiger partial charge in [0.25, 0.3) is 16.8 Å². The molecule has 11 nitrogen and oxygen atoms in total. The smallest absolute Gasteiger partial charge is 0.277 e. The molecule has 0 fully saturated rings. The normalized spacial score (nSPS) is 10.4. The van der Waals surface area contributed by atoms with E-state index in [-0.39, 0.29) is 28.2 Å². The van der Waals surface area contributed by atoms with E-state index in [1.165, 1.54) is 32.4 Å². The van der Waals surface area contributed by atoms with Crippen molar-refractivity contribution in [1.29, 1.82) is 0 Å². The van der Waals surface area contributed by atoms with E-state index in [2.05, 4.69) is 15.5 Å². The van der Waals surface area contributed by atoms with Crippen LogP contribution in [-0.4, -0.2) is 48.1 Å². The Balaban J connectivity index is 1.67. The van der Waals surface area contributed by atoms with E-state index in [4.69, 9.17) is 18.6 Å². The average Bonchev–Trinajstić information content (AvgIpc) is 3.26. The number of hydrogen-bond acceptors (Lipinski definition) is 10. The van der Waals surface area contributed by atoms with E-state index in [1.807, 2.05) is 0 Å². The van der Waals surface area contributed by atoms with E-state index < -0.39 is 10.8 Å². The number of amides is 1. The molecule has 1 heterocycles. The number of nitrogens with one attached hydrogen (secondary N) is 1. The monoisotopic (exact) mass is 446 g/mol. The second-order valence-corrected chi connectivity index (χ2v) is 6.84. The van der Waals surface area contributed by atoms with E-state index in [9.17, 15) is 14.9 Å². The maximum absolute atomic E-state index is 12.3. The summed E-state index contributed by atoms with van der Waals surface area (Å²) in [7, 11) is 4.46. The zero-order chi connectivity index (χ0) is 22.4. The average molecular weight is 446 g/mol. The molecule has 1 aromatic heterocycles. The third kappa shape index (κ3) is 5.22. The Morgan fingerprint density at radius 3 is 2.55 bits per heavy atom. The van der Waals surface area contributed by atoms with Gasteiger partial charge in [-0.25, -0.2) is 0 Å². The predicted octanol–water partition coefficient (Wildman–Crippen LogP) is 3.40. The van der Waals surface area contributed by atoms with Gasteiger partial charge in [-0.3, -0.25) is 14.9 Å². The number of aromatic nitrogens is 2. The minimum Gasteiger partial charge on any atom is -0.497 e. The van der Waals surface area contributed by atoms with Crippen LogP contribution in [0.25, 0.3) is 11.5 Å². The summed E-state index contributed by atoms with van der Waals surface area (Å²) in [6.45, 7) is 0. The molecule has 3 aromatic rings. The highest BCUT2D eigenvalue weighted by Gasteiger charge is 2.17. The minimum atomic E-state index is -0.558. The third-order valence-electron chi connectivity index (χ3n) is 4.04. The number of anilines is 1. The molecule has 1 amide bonds. The van der Waals surface area contributed by atoms with Crippen LogP contribution in [0.15, 0.2) is 46.0 Å². The zero-order valence-electron chi connectivity index (χ0n) is 16.8. The molecule has 0 unspecified atom stereocenters. The third-order valence-corrected chi connectivity index (χ3v) is 4.86. The van der Waals surface area contributed by atoms with Crippen LogP contribution in [0.4, 0.5) is 11.4 Å². The van der Waals surface area contributed by atoms with E-state index in [0.29, 0.717) is 22.8 Å². The first-order valence-electron chi connectivity index (χ1n) is 8.76. The first-order valence-corrected chi connectivity index (χ1v) is 9.74. The van der Waals surface area contributed by atoms with Crippen molar-refractivity contribution in [1.82, 2.24) is 10.2 Å². The molecule has 0 aliphatic carbocycles. The van der Waals surface area contributed by atoms with Gasteiger partial charge in [0.05, 0.1) is 43.3 Å². The Bertz CT molecular complexity index is 1100. The van der Waals surface area contributed by atoms with Crippen LogP contribution < -0.4 is 19.5 Å². The number of benzene rings is 2. The molecule has 1 N–H and O–H groups in total. The predicted molar refractivity (Wildman–Crippen MR) is 112 cm³/mol. The quantitative estimate of drug-likeness (QED) is 0.295. The summed E-state index contributed by atoms with van der Waals surface area (Å²) >= 11 is 1.02. The summed E-state index contributed by atoms with van der Waals surface area (Å²) < 4.78 is 21.2. The summed E-state index contributed by atoms with van der Waals surface area (Å²) in [5, 5.41) is 21.6. The second kappa shape index (κ2) is 9.80. The fourth-order valence-corrected chi connectivity index (χ4v) is 3.14. The van der Waals surface area contributed by atoms with Gasteiger partial charge >= 0.3 is 0 Å². The molecule has 2 aromatic carbocycles. The fraction of sp³-hybridized carbons (Fsp3) is 0.211. The molecule has 0 spiro atoms. The van der Waals surface area contributed by atoms with Crippen molar-refractivity contribution in [2.45, 2.75) is 5.22 Å². The van der Waals surface area contributed by atoms with Crippen molar-refractivity contribution in [3.63, 3.8) is 0 Å². The van der Waals surface area contributed by atoms with Gasteiger partial charge < -0.3 is 23.9 Å². The molecule has 0 saturated carbocycles. The lowest BCUT2D eigenvalue weighted by Gasteiger charge is -2.09. The zero-order valence-corrected chi connectivity index (χ0v) is 17.6. The molecule has 0 aliphatic heterocycles. The molecule has 162 valence electrons. The van der Waals surface area contributed by atoms with Crippen LogP contribution in [0, 0.1) is 10.1 Å². The summed E-state index contributed by atoms with van der Waals surface area (Å²) in [6, 6.07) is 9.06. The number of carbonyl (C=O) groups excluding carboxylic acids is 1. The Hall–Kier alpha value is -3.80. The molecule has 0 saturated heterocycles. The topological polar surface area (TPSA) is 139 Å². The molecule has 0 atom stereocenters. The fourth-order valence-electron chi connectivity index (χ4n) is 2.57. The van der Waals surface area contributed by atoms with Gasteiger partial charge in [-0.15, -0.1) is 10.2 Å². The number of nitro groups is 1. The van der Waals surface area contributed by atoms with Crippen LogP contribution in [0.2, 0.25) is 0 Å². The molecule has 3 rings (SSSR count). The Morgan fingerprint density at radius 1 is 1.10 bits per heavy atom. The Morgan fingerprint density at radius 2 is 1.87 bits per heavy atom. The van der Waals surface area contributed by atoms with Crippen molar-refractivity contribution >= 4 is 29.0 Å². The number of carbonyl (C=O) groups is 1. The van der Waals surface area contributed by atoms with Gasteiger partial charge in [-0.2, -0.15) is 0 Å². The van der Waals surface area contributed by atoms with E-state index in [0.717, 1.165) is 11.8 Å². The van der Waals surface area contributed by atoms with Gasteiger partial charge in [-0.05, 0) is 18.2 Å². The first-order chi connectivity index (χ1) is 14.9. The summed E-state index contributed by atoms with van der Waals surface area (Å²) in [6.07, 6.45) is 0. The van der Waals surface area contributed by atoms with Crippen molar-refractivity contribution in [3.05, 3.63) is 46.5 Å². The minimum absolute atomic E-state index is 0.0623. The van der Waals surface area contributed by atoms with Gasteiger partial charge in [0.2, 0.25) is 5.91 Å². The van der Waals surface area contributed by atoms with Gasteiger partial charge in [0.1, 0.15) is 17.2 Å². The number of nitro benzene ring substituents is 1. The highest BCUT2D eigenvalue weighted by atomic mass is 32.2. The highest BCUT2D eigenvalue weighted by Crippen LogP contribution is 2.34. The van der Waals surface area contributed by atoms with Crippen molar-refractivity contribution in [2.75, 3.05) is 32.4 Å². The van der Waals surface area contributed by atoms with Crippen LogP contribution in [0.5, 0.6) is 17.2 Å². The molecule has 12 heteroatoms. The maximum atomic E-state index is 12.3. The number of thioether (sulfide) groups is 1. The van der Waals surface area contributed by atoms with Crippen LogP contribution in [-0.2, 0) is 4.79 Å². The Kier molecular flexibility index (Phi) is 6.92.